The third kappa shape index (κ3) is 3.44. The Bertz CT molecular complexity index is 677. The van der Waals surface area contributed by atoms with Crippen molar-refractivity contribution in [1.82, 2.24) is 0 Å². The smallest absolute Gasteiger partial charge is 0.171 e. The number of methoxy groups -OCH3 is 1. The molecule has 21 heavy (non-hydrogen) atoms. The van der Waals surface area contributed by atoms with Crippen molar-refractivity contribution in [2.24, 2.45) is 5.73 Å². The lowest BCUT2D eigenvalue weighted by atomic mass is 10.2. The lowest BCUT2D eigenvalue weighted by Crippen LogP contribution is -2.11. The monoisotopic (exact) mass is 308 g/mol. The van der Waals surface area contributed by atoms with Gasteiger partial charge in [0.05, 0.1) is 12.1 Å². The number of amidine groups is 1. The molecule has 0 saturated heterocycles. The van der Waals surface area contributed by atoms with Gasteiger partial charge in [-0.05, 0) is 24.3 Å². The van der Waals surface area contributed by atoms with E-state index < -0.39 is 5.82 Å². The van der Waals surface area contributed by atoms with Gasteiger partial charge in [0.1, 0.15) is 18.2 Å². The molecular formula is C15H14ClFN2O2. The second-order valence-electron chi connectivity index (χ2n) is 4.28. The number of rotatable bonds is 5. The summed E-state index contributed by atoms with van der Waals surface area (Å²) in [5.74, 6) is 0.0603. The van der Waals surface area contributed by atoms with E-state index in [2.05, 4.69) is 0 Å². The number of nitrogen functional groups attached to an aromatic ring is 1. The Morgan fingerprint density at radius 2 is 2.10 bits per heavy atom. The first-order valence-corrected chi connectivity index (χ1v) is 6.49. The molecule has 0 amide bonds. The Morgan fingerprint density at radius 1 is 1.33 bits per heavy atom. The highest BCUT2D eigenvalue weighted by Gasteiger charge is 2.10. The molecule has 0 saturated carbocycles. The fourth-order valence-corrected chi connectivity index (χ4v) is 2.06. The molecule has 0 heterocycles. The maximum absolute atomic E-state index is 13.9. The molecule has 4 nitrogen and oxygen atoms in total. The minimum absolute atomic E-state index is 0.0405. The molecule has 0 radical (unpaired) electrons. The number of halogens is 2. The van der Waals surface area contributed by atoms with Crippen LogP contribution in [0, 0.1) is 11.2 Å². The number of ether oxygens (including phenoxy) is 2. The van der Waals surface area contributed by atoms with Crippen molar-refractivity contribution < 1.29 is 13.9 Å². The van der Waals surface area contributed by atoms with E-state index in [1.54, 1.807) is 24.3 Å². The Labute approximate surface area is 126 Å². The van der Waals surface area contributed by atoms with Gasteiger partial charge in [-0.25, -0.2) is 4.39 Å². The summed E-state index contributed by atoms with van der Waals surface area (Å²) < 4.78 is 24.4. The van der Waals surface area contributed by atoms with Crippen molar-refractivity contribution >= 4 is 17.4 Å². The highest BCUT2D eigenvalue weighted by molar-refractivity contribution is 6.34. The molecule has 110 valence electrons. The Morgan fingerprint density at radius 3 is 2.71 bits per heavy atom. The van der Waals surface area contributed by atoms with Crippen LogP contribution in [0.25, 0.3) is 0 Å². The largest absolute Gasteiger partial charge is 0.494 e. The normalized spacial score (nSPS) is 10.2. The molecule has 0 aliphatic carbocycles. The van der Waals surface area contributed by atoms with Gasteiger partial charge in [0.25, 0.3) is 0 Å². The Balaban J connectivity index is 2.14. The fourth-order valence-electron chi connectivity index (χ4n) is 1.79. The molecule has 0 aromatic heterocycles. The van der Waals surface area contributed by atoms with Gasteiger partial charge in [-0.15, -0.1) is 0 Å². The zero-order valence-electron chi connectivity index (χ0n) is 11.3. The van der Waals surface area contributed by atoms with Gasteiger partial charge in [-0.1, -0.05) is 23.7 Å². The molecule has 2 aromatic rings. The summed E-state index contributed by atoms with van der Waals surface area (Å²) >= 11 is 5.99. The minimum Gasteiger partial charge on any atom is -0.494 e. The lowest BCUT2D eigenvalue weighted by Gasteiger charge is -2.10. The number of hydrogen-bond donors (Lipinski definition) is 2. The number of benzene rings is 2. The second kappa shape index (κ2) is 6.45. The van der Waals surface area contributed by atoms with Gasteiger partial charge in [-0.3, -0.25) is 5.41 Å². The van der Waals surface area contributed by atoms with Crippen molar-refractivity contribution in [2.75, 3.05) is 7.11 Å². The average Bonchev–Trinajstić information content (AvgIpc) is 2.46. The summed E-state index contributed by atoms with van der Waals surface area (Å²) in [6.45, 7) is 0.0405. The number of nitrogens with two attached hydrogens (primary N) is 1. The highest BCUT2D eigenvalue weighted by Crippen LogP contribution is 2.25. The van der Waals surface area contributed by atoms with E-state index in [4.69, 9.17) is 32.2 Å². The Hall–Kier alpha value is -2.27. The third-order valence-corrected chi connectivity index (χ3v) is 3.20. The minimum atomic E-state index is -0.452. The van der Waals surface area contributed by atoms with Crippen molar-refractivity contribution in [3.05, 3.63) is 58.4 Å². The van der Waals surface area contributed by atoms with Crippen LogP contribution in [0.5, 0.6) is 11.5 Å². The molecular weight excluding hydrogens is 295 g/mol. The fraction of sp³-hybridized carbons (Fsp3) is 0.133. The maximum atomic E-state index is 13.9. The molecule has 0 aliphatic rings. The molecule has 0 bridgehead atoms. The van der Waals surface area contributed by atoms with Crippen LogP contribution in [0.3, 0.4) is 0 Å². The van der Waals surface area contributed by atoms with Crippen LogP contribution in [0.1, 0.15) is 11.1 Å². The van der Waals surface area contributed by atoms with Gasteiger partial charge < -0.3 is 15.2 Å². The molecule has 0 aliphatic heterocycles. The van der Waals surface area contributed by atoms with E-state index in [1.165, 1.54) is 19.2 Å². The first-order valence-electron chi connectivity index (χ1n) is 6.11. The van der Waals surface area contributed by atoms with Crippen LogP contribution in [-0.4, -0.2) is 12.9 Å². The first kappa shape index (κ1) is 15.1. The van der Waals surface area contributed by atoms with Gasteiger partial charge >= 0.3 is 0 Å². The van der Waals surface area contributed by atoms with Crippen LogP contribution >= 0.6 is 11.6 Å². The summed E-state index contributed by atoms with van der Waals surface area (Å²) in [5.41, 5.74) is 6.18. The van der Waals surface area contributed by atoms with E-state index in [1.807, 2.05) is 0 Å². The summed E-state index contributed by atoms with van der Waals surface area (Å²) in [7, 11) is 1.41. The molecule has 2 rings (SSSR count). The summed E-state index contributed by atoms with van der Waals surface area (Å²) in [6.07, 6.45) is 0. The lowest BCUT2D eigenvalue weighted by molar-refractivity contribution is 0.295. The molecule has 0 spiro atoms. The van der Waals surface area contributed by atoms with E-state index in [0.717, 1.165) is 0 Å². The van der Waals surface area contributed by atoms with E-state index in [0.29, 0.717) is 21.9 Å². The van der Waals surface area contributed by atoms with Crippen LogP contribution in [0.4, 0.5) is 4.39 Å². The maximum Gasteiger partial charge on any atom is 0.171 e. The van der Waals surface area contributed by atoms with Gasteiger partial charge in [-0.2, -0.15) is 0 Å². The van der Waals surface area contributed by atoms with E-state index in [9.17, 15) is 4.39 Å². The molecule has 0 fully saturated rings. The molecule has 0 unspecified atom stereocenters. The standard InChI is InChI=1S/C15H14ClFN2O2/c1-20-13-4-2-3-9(14(13)17)8-21-10-5-6-11(15(18)19)12(16)7-10/h2-7H,8H2,1H3,(H3,18,19). The topological polar surface area (TPSA) is 68.3 Å². The zero-order valence-corrected chi connectivity index (χ0v) is 12.1. The first-order chi connectivity index (χ1) is 10.0. The summed E-state index contributed by atoms with van der Waals surface area (Å²) in [6, 6.07) is 9.59. The highest BCUT2D eigenvalue weighted by atomic mass is 35.5. The van der Waals surface area contributed by atoms with Crippen LogP contribution in [0.2, 0.25) is 5.02 Å². The van der Waals surface area contributed by atoms with Gasteiger partial charge in [0.15, 0.2) is 11.6 Å². The number of hydrogen-bond acceptors (Lipinski definition) is 3. The quantitative estimate of drug-likeness (QED) is 0.657. The van der Waals surface area contributed by atoms with Crippen molar-refractivity contribution in [1.29, 1.82) is 5.41 Å². The van der Waals surface area contributed by atoms with Gasteiger partial charge in [0, 0.05) is 11.1 Å². The van der Waals surface area contributed by atoms with Crippen molar-refractivity contribution in [3.63, 3.8) is 0 Å². The van der Waals surface area contributed by atoms with Crippen molar-refractivity contribution in [2.45, 2.75) is 6.61 Å². The Kier molecular flexibility index (Phi) is 4.65. The van der Waals surface area contributed by atoms with Crippen molar-refractivity contribution in [3.8, 4) is 11.5 Å². The number of nitrogens with one attached hydrogen (secondary N) is 1. The molecule has 3 N–H and O–H groups in total. The summed E-state index contributed by atoms with van der Waals surface area (Å²) in [5, 5.41) is 7.66. The van der Waals surface area contributed by atoms with Crippen LogP contribution in [0.15, 0.2) is 36.4 Å². The van der Waals surface area contributed by atoms with Crippen LogP contribution in [-0.2, 0) is 6.61 Å². The average molecular weight is 309 g/mol. The van der Waals surface area contributed by atoms with Crippen LogP contribution < -0.4 is 15.2 Å². The predicted molar refractivity (Wildman–Crippen MR) is 79.8 cm³/mol. The third-order valence-electron chi connectivity index (χ3n) is 2.89. The molecule has 0 atom stereocenters. The molecule has 2 aromatic carbocycles. The molecule has 6 heteroatoms. The summed E-state index contributed by atoms with van der Waals surface area (Å²) in [4.78, 5) is 0. The van der Waals surface area contributed by atoms with E-state index in [-0.39, 0.29) is 18.2 Å². The van der Waals surface area contributed by atoms with Gasteiger partial charge in [0.2, 0.25) is 0 Å². The SMILES string of the molecule is COc1cccc(COc2ccc(C(=N)N)c(Cl)c2)c1F. The second-order valence-corrected chi connectivity index (χ2v) is 4.68. The van der Waals surface area contributed by atoms with E-state index >= 15 is 0 Å². The zero-order chi connectivity index (χ0) is 15.4. The predicted octanol–water partition coefficient (Wildman–Crippen LogP) is 3.35.